The largest absolute Gasteiger partial charge is 0.388 e. The van der Waals surface area contributed by atoms with E-state index in [9.17, 15) is 9.90 Å². The highest BCUT2D eigenvalue weighted by atomic mass is 16.3. The van der Waals surface area contributed by atoms with Crippen molar-refractivity contribution in [3.05, 3.63) is 24.0 Å². The lowest BCUT2D eigenvalue weighted by Gasteiger charge is -2.29. The monoisotopic (exact) mass is 278 g/mol. The van der Waals surface area contributed by atoms with Crippen LogP contribution in [0.15, 0.2) is 18.3 Å². The molecule has 1 atom stereocenters. The summed E-state index contributed by atoms with van der Waals surface area (Å²) in [6.45, 7) is 6.20. The lowest BCUT2D eigenvalue weighted by Crippen LogP contribution is -2.42. The van der Waals surface area contributed by atoms with Crippen LogP contribution in [0.2, 0.25) is 0 Å². The summed E-state index contributed by atoms with van der Waals surface area (Å²) in [6.07, 6.45) is 6.20. The molecule has 1 amide bonds. The van der Waals surface area contributed by atoms with Crippen molar-refractivity contribution in [2.24, 2.45) is 5.92 Å². The molecule has 2 N–H and O–H groups in total. The van der Waals surface area contributed by atoms with E-state index in [1.807, 2.05) is 18.3 Å². The maximum absolute atomic E-state index is 12.3. The first kappa shape index (κ1) is 15.1. The maximum atomic E-state index is 12.3. The zero-order valence-corrected chi connectivity index (χ0v) is 12.7. The van der Waals surface area contributed by atoms with Crippen LogP contribution in [0.1, 0.15) is 63.0 Å². The third kappa shape index (κ3) is 3.63. The fourth-order valence-electron chi connectivity index (χ4n) is 2.88. The average Bonchev–Trinajstić information content (AvgIpc) is 2.71. The van der Waals surface area contributed by atoms with E-state index in [4.69, 9.17) is 0 Å². The SMILES string of the molecule is CC(C)CC(C)(O)CNC(=O)c1cccn1C1CCC1. The van der Waals surface area contributed by atoms with Gasteiger partial charge < -0.3 is 15.0 Å². The molecule has 112 valence electrons. The molecular weight excluding hydrogens is 252 g/mol. The highest BCUT2D eigenvalue weighted by molar-refractivity contribution is 5.92. The summed E-state index contributed by atoms with van der Waals surface area (Å²) in [6, 6.07) is 4.24. The van der Waals surface area contributed by atoms with Crippen molar-refractivity contribution in [3.8, 4) is 0 Å². The Labute approximate surface area is 121 Å². The normalized spacial score (nSPS) is 18.6. The van der Waals surface area contributed by atoms with Crippen LogP contribution < -0.4 is 5.32 Å². The molecule has 4 nitrogen and oxygen atoms in total. The second-order valence-corrected chi connectivity index (χ2v) is 6.66. The average molecular weight is 278 g/mol. The predicted molar refractivity (Wildman–Crippen MR) is 79.7 cm³/mol. The van der Waals surface area contributed by atoms with Crippen LogP contribution in [0.25, 0.3) is 0 Å². The highest BCUT2D eigenvalue weighted by Crippen LogP contribution is 2.32. The van der Waals surface area contributed by atoms with Gasteiger partial charge in [0.25, 0.3) is 5.91 Å². The van der Waals surface area contributed by atoms with Crippen molar-refractivity contribution >= 4 is 5.91 Å². The summed E-state index contributed by atoms with van der Waals surface area (Å²) in [5.74, 6) is 0.312. The summed E-state index contributed by atoms with van der Waals surface area (Å²) in [5.41, 5.74) is -0.146. The molecule has 2 rings (SSSR count). The van der Waals surface area contributed by atoms with Gasteiger partial charge >= 0.3 is 0 Å². The fourth-order valence-corrected chi connectivity index (χ4v) is 2.88. The topological polar surface area (TPSA) is 54.3 Å². The minimum absolute atomic E-state index is 0.0917. The molecule has 0 radical (unpaired) electrons. The molecule has 1 heterocycles. The molecule has 1 unspecified atom stereocenters. The number of nitrogens with zero attached hydrogens (tertiary/aromatic N) is 1. The molecule has 0 aliphatic heterocycles. The lowest BCUT2D eigenvalue weighted by atomic mass is 9.92. The summed E-state index contributed by atoms with van der Waals surface area (Å²) >= 11 is 0. The van der Waals surface area contributed by atoms with Gasteiger partial charge in [-0.25, -0.2) is 0 Å². The lowest BCUT2D eigenvalue weighted by molar-refractivity contribution is 0.0366. The Morgan fingerprint density at radius 2 is 2.25 bits per heavy atom. The zero-order chi connectivity index (χ0) is 14.8. The summed E-state index contributed by atoms with van der Waals surface area (Å²) in [7, 11) is 0. The molecule has 1 aromatic heterocycles. The van der Waals surface area contributed by atoms with Crippen molar-refractivity contribution in [3.63, 3.8) is 0 Å². The third-order valence-electron chi connectivity index (χ3n) is 3.96. The highest BCUT2D eigenvalue weighted by Gasteiger charge is 2.26. The fraction of sp³-hybridized carbons (Fsp3) is 0.688. The van der Waals surface area contributed by atoms with Crippen LogP contribution in [0, 0.1) is 5.92 Å². The van der Waals surface area contributed by atoms with Gasteiger partial charge in [-0.3, -0.25) is 4.79 Å². The maximum Gasteiger partial charge on any atom is 0.268 e. The van der Waals surface area contributed by atoms with Crippen LogP contribution in [0.5, 0.6) is 0 Å². The van der Waals surface area contributed by atoms with Gasteiger partial charge in [0.1, 0.15) is 5.69 Å². The van der Waals surface area contributed by atoms with Crippen molar-refractivity contribution in [2.45, 2.75) is 58.1 Å². The number of aromatic nitrogens is 1. The van der Waals surface area contributed by atoms with Gasteiger partial charge in [0.15, 0.2) is 0 Å². The van der Waals surface area contributed by atoms with Gasteiger partial charge in [0.05, 0.1) is 5.60 Å². The molecule has 20 heavy (non-hydrogen) atoms. The van der Waals surface area contributed by atoms with E-state index < -0.39 is 5.60 Å². The van der Waals surface area contributed by atoms with E-state index in [1.165, 1.54) is 6.42 Å². The second kappa shape index (κ2) is 6.00. The van der Waals surface area contributed by atoms with E-state index in [1.54, 1.807) is 6.92 Å². The Balaban J connectivity index is 1.93. The molecule has 0 saturated heterocycles. The van der Waals surface area contributed by atoms with Gasteiger partial charge in [-0.1, -0.05) is 13.8 Å². The predicted octanol–water partition coefficient (Wildman–Crippen LogP) is 2.74. The molecule has 1 fully saturated rings. The molecule has 1 aliphatic carbocycles. The molecule has 0 spiro atoms. The van der Waals surface area contributed by atoms with Gasteiger partial charge in [-0.15, -0.1) is 0 Å². The number of amides is 1. The summed E-state index contributed by atoms with van der Waals surface area (Å²) in [5, 5.41) is 13.1. The minimum atomic E-state index is -0.849. The van der Waals surface area contributed by atoms with E-state index >= 15 is 0 Å². The van der Waals surface area contributed by atoms with Crippen LogP contribution >= 0.6 is 0 Å². The van der Waals surface area contributed by atoms with E-state index in [2.05, 4.69) is 23.7 Å². The number of rotatable bonds is 6. The first-order valence-corrected chi connectivity index (χ1v) is 7.56. The molecule has 4 heteroatoms. The van der Waals surface area contributed by atoms with Crippen LogP contribution in [0.4, 0.5) is 0 Å². The van der Waals surface area contributed by atoms with Gasteiger partial charge in [0.2, 0.25) is 0 Å². The van der Waals surface area contributed by atoms with Crippen LogP contribution in [-0.2, 0) is 0 Å². The Morgan fingerprint density at radius 1 is 1.55 bits per heavy atom. The van der Waals surface area contributed by atoms with Crippen molar-refractivity contribution in [1.29, 1.82) is 0 Å². The Kier molecular flexibility index (Phi) is 4.53. The van der Waals surface area contributed by atoms with Gasteiger partial charge in [-0.2, -0.15) is 0 Å². The summed E-state index contributed by atoms with van der Waals surface area (Å²) < 4.78 is 2.07. The summed E-state index contributed by atoms with van der Waals surface area (Å²) in [4.78, 5) is 12.3. The molecule has 1 aliphatic rings. The standard InChI is InChI=1S/C16H26N2O2/c1-12(2)10-16(3,20)11-17-15(19)14-8-5-9-18(14)13-6-4-7-13/h5,8-9,12-13,20H,4,6-7,10-11H2,1-3H3,(H,17,19). The Bertz CT molecular complexity index is 459. The van der Waals surface area contributed by atoms with Crippen molar-refractivity contribution in [1.82, 2.24) is 9.88 Å². The number of hydrogen-bond donors (Lipinski definition) is 2. The van der Waals surface area contributed by atoms with Crippen LogP contribution in [-0.4, -0.2) is 27.7 Å². The number of carbonyl (C=O) groups is 1. The number of nitrogens with one attached hydrogen (secondary N) is 1. The Hall–Kier alpha value is -1.29. The Morgan fingerprint density at radius 3 is 2.80 bits per heavy atom. The molecule has 1 aromatic rings. The number of hydrogen-bond acceptors (Lipinski definition) is 2. The van der Waals surface area contributed by atoms with Crippen LogP contribution in [0.3, 0.4) is 0 Å². The minimum Gasteiger partial charge on any atom is -0.388 e. The van der Waals surface area contributed by atoms with Gasteiger partial charge in [-0.05, 0) is 50.7 Å². The molecule has 1 saturated carbocycles. The van der Waals surface area contributed by atoms with Crippen molar-refractivity contribution < 1.29 is 9.90 Å². The smallest absolute Gasteiger partial charge is 0.268 e. The van der Waals surface area contributed by atoms with E-state index in [0.29, 0.717) is 30.6 Å². The first-order chi connectivity index (χ1) is 9.39. The zero-order valence-electron chi connectivity index (χ0n) is 12.7. The quantitative estimate of drug-likeness (QED) is 0.840. The first-order valence-electron chi connectivity index (χ1n) is 7.56. The second-order valence-electron chi connectivity index (χ2n) is 6.66. The van der Waals surface area contributed by atoms with E-state index in [0.717, 1.165) is 12.8 Å². The number of carbonyl (C=O) groups excluding carboxylic acids is 1. The number of aliphatic hydroxyl groups is 1. The third-order valence-corrected chi connectivity index (χ3v) is 3.96. The molecular formula is C16H26N2O2. The van der Waals surface area contributed by atoms with E-state index in [-0.39, 0.29) is 5.91 Å². The van der Waals surface area contributed by atoms with Gasteiger partial charge in [0, 0.05) is 18.8 Å². The molecule has 0 bridgehead atoms. The van der Waals surface area contributed by atoms with Crippen molar-refractivity contribution in [2.75, 3.05) is 6.54 Å². The molecule has 0 aromatic carbocycles.